The number of rotatable bonds is 4. The van der Waals surface area contributed by atoms with Crippen molar-refractivity contribution in [1.82, 2.24) is 15.0 Å². The molecule has 0 amide bonds. The highest BCUT2D eigenvalue weighted by Gasteiger charge is 2.21. The van der Waals surface area contributed by atoms with Crippen LogP contribution in [0.15, 0.2) is 144 Å². The topological polar surface area (TPSA) is 51.8 Å². The minimum absolute atomic E-state index is 0.610. The zero-order valence-electron chi connectivity index (χ0n) is 22.0. The van der Waals surface area contributed by atoms with Gasteiger partial charge in [0.05, 0.1) is 0 Å². The molecule has 0 radical (unpaired) electrons. The van der Waals surface area contributed by atoms with Gasteiger partial charge in [0, 0.05) is 33.0 Å². The minimum Gasteiger partial charge on any atom is -0.455 e. The second-order valence-corrected chi connectivity index (χ2v) is 10.0. The summed E-state index contributed by atoms with van der Waals surface area (Å²) in [5.74, 6) is 1.88. The van der Waals surface area contributed by atoms with Crippen LogP contribution in [0.4, 0.5) is 0 Å². The van der Waals surface area contributed by atoms with Crippen LogP contribution in [-0.2, 0) is 0 Å². The van der Waals surface area contributed by atoms with Crippen molar-refractivity contribution in [2.24, 2.45) is 0 Å². The van der Waals surface area contributed by atoms with E-state index in [4.69, 9.17) is 19.4 Å². The molecule has 6 aromatic carbocycles. The monoisotopic (exact) mass is 525 g/mol. The van der Waals surface area contributed by atoms with Crippen molar-refractivity contribution >= 4 is 32.7 Å². The van der Waals surface area contributed by atoms with Gasteiger partial charge in [0.15, 0.2) is 17.5 Å². The first-order valence-electron chi connectivity index (χ1n) is 13.6. The van der Waals surface area contributed by atoms with Gasteiger partial charge in [-0.2, -0.15) is 0 Å². The summed E-state index contributed by atoms with van der Waals surface area (Å²) in [7, 11) is 0. The van der Waals surface area contributed by atoms with Crippen molar-refractivity contribution < 1.29 is 4.42 Å². The van der Waals surface area contributed by atoms with Gasteiger partial charge in [-0.05, 0) is 34.5 Å². The summed E-state index contributed by atoms with van der Waals surface area (Å²) in [6.07, 6.45) is 0. The Morgan fingerprint density at radius 3 is 1.68 bits per heavy atom. The molecular weight excluding hydrogens is 502 g/mol. The van der Waals surface area contributed by atoms with E-state index >= 15 is 0 Å². The van der Waals surface area contributed by atoms with Gasteiger partial charge in [0.2, 0.25) is 0 Å². The lowest BCUT2D eigenvalue weighted by Crippen LogP contribution is -2.00. The average Bonchev–Trinajstić information content (AvgIpc) is 3.45. The Hall–Kier alpha value is -5.61. The van der Waals surface area contributed by atoms with E-state index in [1.807, 2.05) is 78.9 Å². The molecule has 0 aliphatic carbocycles. The van der Waals surface area contributed by atoms with Gasteiger partial charge < -0.3 is 4.42 Å². The smallest absolute Gasteiger partial charge is 0.164 e. The van der Waals surface area contributed by atoms with Gasteiger partial charge in [0.25, 0.3) is 0 Å². The normalized spacial score (nSPS) is 11.4. The van der Waals surface area contributed by atoms with E-state index in [1.165, 1.54) is 10.8 Å². The van der Waals surface area contributed by atoms with E-state index in [2.05, 4.69) is 60.7 Å². The maximum absolute atomic E-state index is 6.61. The zero-order valence-corrected chi connectivity index (χ0v) is 22.0. The van der Waals surface area contributed by atoms with Crippen LogP contribution in [0.5, 0.6) is 0 Å². The zero-order chi connectivity index (χ0) is 27.2. The Labute approximate surface area is 236 Å². The van der Waals surface area contributed by atoms with Gasteiger partial charge in [0.1, 0.15) is 11.2 Å². The fraction of sp³-hybridized carbons (Fsp3) is 0. The molecule has 4 heteroatoms. The average molecular weight is 526 g/mol. The molecule has 0 atom stereocenters. The first-order valence-corrected chi connectivity index (χ1v) is 13.6. The highest BCUT2D eigenvalue weighted by atomic mass is 16.3. The highest BCUT2D eigenvalue weighted by molar-refractivity contribution is 6.17. The lowest BCUT2D eigenvalue weighted by molar-refractivity contribution is 0.670. The first kappa shape index (κ1) is 23.3. The van der Waals surface area contributed by atoms with Crippen LogP contribution in [0.1, 0.15) is 0 Å². The molecule has 0 saturated heterocycles. The van der Waals surface area contributed by atoms with Crippen molar-refractivity contribution in [3.63, 3.8) is 0 Å². The molecule has 4 nitrogen and oxygen atoms in total. The number of benzene rings is 6. The molecule has 0 spiro atoms. The van der Waals surface area contributed by atoms with Crippen LogP contribution in [0.3, 0.4) is 0 Å². The lowest BCUT2D eigenvalue weighted by atomic mass is 9.94. The van der Waals surface area contributed by atoms with Crippen molar-refractivity contribution in [3.05, 3.63) is 140 Å². The number of fused-ring (bicyclic) bond motifs is 4. The molecule has 0 aliphatic rings. The van der Waals surface area contributed by atoms with Crippen molar-refractivity contribution in [3.8, 4) is 45.3 Å². The fourth-order valence-electron chi connectivity index (χ4n) is 5.62. The molecule has 41 heavy (non-hydrogen) atoms. The summed E-state index contributed by atoms with van der Waals surface area (Å²) >= 11 is 0. The third-order valence-electron chi connectivity index (χ3n) is 7.55. The Balaban J connectivity index is 1.44. The largest absolute Gasteiger partial charge is 0.455 e. The van der Waals surface area contributed by atoms with Crippen LogP contribution in [-0.4, -0.2) is 15.0 Å². The third-order valence-corrected chi connectivity index (χ3v) is 7.55. The van der Waals surface area contributed by atoms with E-state index in [0.29, 0.717) is 17.5 Å². The van der Waals surface area contributed by atoms with Gasteiger partial charge >= 0.3 is 0 Å². The van der Waals surface area contributed by atoms with Gasteiger partial charge in [-0.3, -0.25) is 0 Å². The summed E-state index contributed by atoms with van der Waals surface area (Å²) in [6, 6.07) is 47.4. The second kappa shape index (κ2) is 9.54. The van der Waals surface area contributed by atoms with Crippen LogP contribution in [0.2, 0.25) is 0 Å². The molecule has 0 aliphatic heterocycles. The lowest BCUT2D eigenvalue weighted by Gasteiger charge is -2.12. The molecule has 8 aromatic rings. The molecule has 8 rings (SSSR count). The predicted octanol–water partition coefficient (Wildman–Crippen LogP) is 9.59. The number of hydrogen-bond donors (Lipinski definition) is 0. The van der Waals surface area contributed by atoms with Crippen LogP contribution < -0.4 is 0 Å². The van der Waals surface area contributed by atoms with E-state index < -0.39 is 0 Å². The minimum atomic E-state index is 0.610. The molecule has 2 heterocycles. The quantitative estimate of drug-likeness (QED) is 0.230. The molecule has 0 bridgehead atoms. The number of nitrogens with zero attached hydrogens (tertiary/aromatic N) is 3. The third kappa shape index (κ3) is 3.97. The number of para-hydroxylation sites is 1. The number of aromatic nitrogens is 3. The van der Waals surface area contributed by atoms with E-state index in [-0.39, 0.29) is 0 Å². The van der Waals surface area contributed by atoms with E-state index in [9.17, 15) is 0 Å². The number of furan rings is 1. The Morgan fingerprint density at radius 1 is 0.390 bits per heavy atom. The van der Waals surface area contributed by atoms with Crippen molar-refractivity contribution in [1.29, 1.82) is 0 Å². The van der Waals surface area contributed by atoms with Crippen molar-refractivity contribution in [2.75, 3.05) is 0 Å². The summed E-state index contributed by atoms with van der Waals surface area (Å²) in [6.45, 7) is 0. The Bertz CT molecular complexity index is 2140. The standard InChI is InChI=1S/C37H23N3O/c1-3-13-25(14-4-1)35-38-36(26-15-5-2-6-16-26)40-37(39-35)31-23-22-29(28-20-11-17-24-12-7-8-18-27(24)28)34-33(31)30-19-9-10-21-32(30)41-34/h1-23H. The van der Waals surface area contributed by atoms with Gasteiger partial charge in [-0.15, -0.1) is 0 Å². The predicted molar refractivity (Wildman–Crippen MR) is 166 cm³/mol. The number of hydrogen-bond acceptors (Lipinski definition) is 4. The van der Waals surface area contributed by atoms with E-state index in [1.54, 1.807) is 0 Å². The maximum atomic E-state index is 6.61. The summed E-state index contributed by atoms with van der Waals surface area (Å²) in [5.41, 5.74) is 6.61. The molecule has 0 fully saturated rings. The van der Waals surface area contributed by atoms with E-state index in [0.717, 1.165) is 49.8 Å². The van der Waals surface area contributed by atoms with Crippen LogP contribution in [0, 0.1) is 0 Å². The van der Waals surface area contributed by atoms with Crippen LogP contribution in [0.25, 0.3) is 78.0 Å². The summed E-state index contributed by atoms with van der Waals surface area (Å²) < 4.78 is 6.61. The van der Waals surface area contributed by atoms with Crippen LogP contribution >= 0.6 is 0 Å². The first-order chi connectivity index (χ1) is 20.3. The summed E-state index contributed by atoms with van der Waals surface area (Å²) in [5, 5.41) is 4.40. The van der Waals surface area contributed by atoms with Crippen molar-refractivity contribution in [2.45, 2.75) is 0 Å². The maximum Gasteiger partial charge on any atom is 0.164 e. The molecular formula is C37H23N3O. The second-order valence-electron chi connectivity index (χ2n) is 10.0. The molecule has 0 N–H and O–H groups in total. The molecule has 0 unspecified atom stereocenters. The molecule has 0 saturated carbocycles. The highest BCUT2D eigenvalue weighted by Crippen LogP contribution is 2.42. The SMILES string of the molecule is c1ccc(-c2nc(-c3ccccc3)nc(-c3ccc(-c4cccc5ccccc45)c4oc5ccccc5c34)n2)cc1. The molecule has 2 aromatic heterocycles. The van der Waals surface area contributed by atoms with Gasteiger partial charge in [-0.25, -0.2) is 15.0 Å². The summed E-state index contributed by atoms with van der Waals surface area (Å²) in [4.78, 5) is 14.9. The van der Waals surface area contributed by atoms with Gasteiger partial charge in [-0.1, -0.05) is 121 Å². The fourth-order valence-corrected chi connectivity index (χ4v) is 5.62. The Kier molecular flexibility index (Phi) is 5.42. The molecule has 192 valence electrons. The Morgan fingerprint density at radius 2 is 0.951 bits per heavy atom.